The number of hydrogen-bond acceptors (Lipinski definition) is 3. The van der Waals surface area contributed by atoms with Crippen molar-refractivity contribution in [1.82, 2.24) is 9.71 Å². The number of aromatic nitrogens is 1. The van der Waals surface area contributed by atoms with E-state index < -0.39 is 57.1 Å². The highest BCUT2D eigenvalue weighted by atomic mass is 32.2. The van der Waals surface area contributed by atoms with Crippen molar-refractivity contribution >= 4 is 10.0 Å². The van der Waals surface area contributed by atoms with Gasteiger partial charge in [0.05, 0.1) is 10.9 Å². The number of rotatable bonds is 6. The van der Waals surface area contributed by atoms with Crippen molar-refractivity contribution in [3.63, 3.8) is 0 Å². The average Bonchev–Trinajstić information content (AvgIpc) is 2.71. The fourth-order valence-electron chi connectivity index (χ4n) is 3.03. The summed E-state index contributed by atoms with van der Waals surface area (Å²) in [5.41, 5.74) is 0.199. The number of sulfonamides is 1. The zero-order chi connectivity index (χ0) is 22.9. The number of hydrogen-bond donors (Lipinski definition) is 1. The van der Waals surface area contributed by atoms with Gasteiger partial charge >= 0.3 is 0 Å². The van der Waals surface area contributed by atoms with Crippen LogP contribution in [0.4, 0.5) is 22.0 Å². The quantitative estimate of drug-likeness (QED) is 0.334. The number of benzene rings is 2. The summed E-state index contributed by atoms with van der Waals surface area (Å²) < 4.78 is 97.8. The van der Waals surface area contributed by atoms with E-state index >= 15 is 0 Å². The Bertz CT molecular complexity index is 1200. The SMILES string of the molecule is Cc1ccc(S(=O)(=O)NC(Cc2cccc(C)n2)c2c(F)c(F)c(F)c(F)c2F)cc1. The minimum Gasteiger partial charge on any atom is -0.258 e. The van der Waals surface area contributed by atoms with Gasteiger partial charge in [0.25, 0.3) is 0 Å². The lowest BCUT2D eigenvalue weighted by atomic mass is 10.0. The summed E-state index contributed by atoms with van der Waals surface area (Å²) in [6.45, 7) is 3.36. The van der Waals surface area contributed by atoms with Gasteiger partial charge in [-0.2, -0.15) is 0 Å². The molecule has 31 heavy (non-hydrogen) atoms. The molecule has 0 saturated heterocycles. The molecule has 0 saturated carbocycles. The summed E-state index contributed by atoms with van der Waals surface area (Å²) in [5, 5.41) is 0. The number of halogens is 5. The second-order valence-electron chi connectivity index (χ2n) is 6.94. The Hall–Kier alpha value is -2.85. The third-order valence-corrected chi connectivity index (χ3v) is 6.07. The second kappa shape index (κ2) is 8.72. The molecule has 1 aromatic heterocycles. The van der Waals surface area contributed by atoms with Crippen molar-refractivity contribution in [3.8, 4) is 0 Å². The van der Waals surface area contributed by atoms with Gasteiger partial charge in [-0.15, -0.1) is 0 Å². The summed E-state index contributed by atoms with van der Waals surface area (Å²) in [7, 11) is -4.37. The van der Waals surface area contributed by atoms with Crippen LogP contribution in [0.25, 0.3) is 0 Å². The van der Waals surface area contributed by atoms with Gasteiger partial charge in [0.2, 0.25) is 15.8 Å². The summed E-state index contributed by atoms with van der Waals surface area (Å²) in [6, 6.07) is 8.37. The lowest BCUT2D eigenvalue weighted by molar-refractivity contribution is 0.360. The standard InChI is InChI=1S/C21H17F5N2O2S/c1-11-6-8-14(9-7-11)31(29,30)28-15(10-13-5-3-4-12(2)27-13)16-17(22)19(24)21(26)20(25)18(16)23/h3-9,15,28H,10H2,1-2H3. The van der Waals surface area contributed by atoms with Crippen molar-refractivity contribution in [3.05, 3.63) is 94.1 Å². The van der Waals surface area contributed by atoms with Crippen LogP contribution < -0.4 is 4.72 Å². The molecule has 10 heteroatoms. The largest absolute Gasteiger partial charge is 0.258 e. The monoisotopic (exact) mass is 456 g/mol. The highest BCUT2D eigenvalue weighted by Crippen LogP contribution is 2.31. The van der Waals surface area contributed by atoms with Crippen molar-refractivity contribution in [2.45, 2.75) is 31.2 Å². The van der Waals surface area contributed by atoms with E-state index in [1.54, 1.807) is 26.0 Å². The maximum Gasteiger partial charge on any atom is 0.241 e. The Morgan fingerprint density at radius 3 is 1.94 bits per heavy atom. The van der Waals surface area contributed by atoms with Crippen LogP contribution >= 0.6 is 0 Å². The Labute approximate surface area is 175 Å². The van der Waals surface area contributed by atoms with Gasteiger partial charge in [-0.3, -0.25) is 4.98 Å². The van der Waals surface area contributed by atoms with E-state index in [1.165, 1.54) is 30.3 Å². The molecule has 164 valence electrons. The fourth-order valence-corrected chi connectivity index (χ4v) is 4.23. The molecule has 3 rings (SSSR count). The lowest BCUT2D eigenvalue weighted by Gasteiger charge is -2.21. The summed E-state index contributed by atoms with van der Waals surface area (Å²) in [5.74, 6) is -10.9. The van der Waals surface area contributed by atoms with Crippen LogP contribution in [0.5, 0.6) is 0 Å². The van der Waals surface area contributed by atoms with E-state index in [4.69, 9.17) is 0 Å². The van der Waals surface area contributed by atoms with Gasteiger partial charge in [0.15, 0.2) is 23.3 Å². The third kappa shape index (κ3) is 4.75. The average molecular weight is 456 g/mol. The molecule has 0 radical (unpaired) electrons. The predicted octanol–water partition coefficient (Wildman–Crippen LogP) is 4.66. The first-order chi connectivity index (χ1) is 14.5. The van der Waals surface area contributed by atoms with Crippen molar-refractivity contribution in [2.24, 2.45) is 0 Å². The van der Waals surface area contributed by atoms with Crippen LogP contribution in [-0.2, 0) is 16.4 Å². The summed E-state index contributed by atoms with van der Waals surface area (Å²) in [6.07, 6.45) is -0.453. The highest BCUT2D eigenvalue weighted by Gasteiger charge is 2.33. The molecular weight excluding hydrogens is 439 g/mol. The number of nitrogens with one attached hydrogen (secondary N) is 1. The highest BCUT2D eigenvalue weighted by molar-refractivity contribution is 7.89. The Morgan fingerprint density at radius 2 is 1.39 bits per heavy atom. The maximum atomic E-state index is 14.5. The van der Waals surface area contributed by atoms with Crippen molar-refractivity contribution < 1.29 is 30.4 Å². The van der Waals surface area contributed by atoms with Gasteiger partial charge in [0, 0.05) is 23.4 Å². The van der Waals surface area contributed by atoms with Gasteiger partial charge in [-0.1, -0.05) is 23.8 Å². The molecule has 0 aliphatic heterocycles. The first-order valence-corrected chi connectivity index (χ1v) is 10.5. The Morgan fingerprint density at radius 1 is 0.839 bits per heavy atom. The molecule has 1 atom stereocenters. The molecule has 1 heterocycles. The molecule has 2 aromatic carbocycles. The molecule has 3 aromatic rings. The zero-order valence-corrected chi connectivity index (χ0v) is 17.2. The number of pyridine rings is 1. The number of nitrogens with zero attached hydrogens (tertiary/aromatic N) is 1. The van der Waals surface area contributed by atoms with E-state index in [9.17, 15) is 30.4 Å². The topological polar surface area (TPSA) is 59.1 Å². The minimum absolute atomic E-state index is 0.195. The van der Waals surface area contributed by atoms with Crippen LogP contribution in [0.1, 0.15) is 28.6 Å². The van der Waals surface area contributed by atoms with E-state index in [1.807, 2.05) is 0 Å². The molecule has 1 N–H and O–H groups in total. The zero-order valence-electron chi connectivity index (χ0n) is 16.4. The molecule has 4 nitrogen and oxygen atoms in total. The smallest absolute Gasteiger partial charge is 0.241 e. The van der Waals surface area contributed by atoms with Gasteiger partial charge < -0.3 is 0 Å². The molecule has 0 spiro atoms. The third-order valence-electron chi connectivity index (χ3n) is 4.58. The first-order valence-electron chi connectivity index (χ1n) is 9.04. The molecule has 1 unspecified atom stereocenters. The summed E-state index contributed by atoms with van der Waals surface area (Å²) in [4.78, 5) is 3.90. The van der Waals surface area contributed by atoms with Crippen LogP contribution in [0.2, 0.25) is 0 Å². The summed E-state index contributed by atoms with van der Waals surface area (Å²) >= 11 is 0. The van der Waals surface area contributed by atoms with Gasteiger partial charge in [-0.05, 0) is 38.1 Å². The van der Waals surface area contributed by atoms with Crippen LogP contribution in [0.15, 0.2) is 47.4 Å². The molecule has 0 aliphatic carbocycles. The fraction of sp³-hybridized carbons (Fsp3) is 0.190. The molecule has 0 aliphatic rings. The number of aryl methyl sites for hydroxylation is 2. The molecule has 0 fully saturated rings. The second-order valence-corrected chi connectivity index (χ2v) is 8.66. The Kier molecular flexibility index (Phi) is 6.42. The lowest BCUT2D eigenvalue weighted by Crippen LogP contribution is -2.32. The van der Waals surface area contributed by atoms with Gasteiger partial charge in [-0.25, -0.2) is 35.1 Å². The minimum atomic E-state index is -4.37. The normalized spacial score (nSPS) is 12.7. The molecular formula is C21H17F5N2O2S. The van der Waals surface area contributed by atoms with Crippen molar-refractivity contribution in [2.75, 3.05) is 0 Å². The van der Waals surface area contributed by atoms with Crippen LogP contribution in [0, 0.1) is 42.9 Å². The van der Waals surface area contributed by atoms with E-state index in [2.05, 4.69) is 9.71 Å². The van der Waals surface area contributed by atoms with Crippen LogP contribution in [0.3, 0.4) is 0 Å². The van der Waals surface area contributed by atoms with E-state index in [-0.39, 0.29) is 10.6 Å². The maximum absolute atomic E-state index is 14.5. The van der Waals surface area contributed by atoms with E-state index in [0.717, 1.165) is 5.56 Å². The molecule has 0 amide bonds. The Balaban J connectivity index is 2.13. The van der Waals surface area contributed by atoms with Crippen molar-refractivity contribution in [1.29, 1.82) is 0 Å². The van der Waals surface area contributed by atoms with Gasteiger partial charge in [0.1, 0.15) is 0 Å². The molecule has 0 bridgehead atoms. The van der Waals surface area contributed by atoms with Crippen LogP contribution in [-0.4, -0.2) is 13.4 Å². The predicted molar refractivity (Wildman–Crippen MR) is 103 cm³/mol. The van der Waals surface area contributed by atoms with E-state index in [0.29, 0.717) is 5.69 Å². The first kappa shape index (κ1) is 22.8.